The van der Waals surface area contributed by atoms with E-state index in [2.05, 4.69) is 4.72 Å². The van der Waals surface area contributed by atoms with Crippen LogP contribution in [0.3, 0.4) is 0 Å². The summed E-state index contributed by atoms with van der Waals surface area (Å²) in [5.74, 6) is 0. The third-order valence-corrected chi connectivity index (χ3v) is 2.60. The Balaban J connectivity index is 2.89. The van der Waals surface area contributed by atoms with E-state index >= 15 is 0 Å². The van der Waals surface area contributed by atoms with Crippen LogP contribution in [0.4, 0.5) is 5.69 Å². The molecule has 5 heteroatoms. The van der Waals surface area contributed by atoms with Crippen molar-refractivity contribution in [2.45, 2.75) is 6.92 Å². The molecule has 0 spiro atoms. The van der Waals surface area contributed by atoms with Gasteiger partial charge in [0, 0.05) is 5.38 Å². The molecule has 0 radical (unpaired) electrons. The minimum atomic E-state index is -3.11. The Labute approximate surface area is 70.1 Å². The molecule has 11 heavy (non-hydrogen) atoms. The van der Waals surface area contributed by atoms with Crippen molar-refractivity contribution in [2.75, 3.05) is 11.0 Å². The molecule has 0 fully saturated rings. The Morgan fingerprint density at radius 3 is 2.45 bits per heavy atom. The van der Waals surface area contributed by atoms with E-state index in [4.69, 9.17) is 0 Å². The van der Waals surface area contributed by atoms with Crippen LogP contribution >= 0.6 is 11.3 Å². The van der Waals surface area contributed by atoms with Crippen molar-refractivity contribution >= 4 is 27.0 Å². The van der Waals surface area contributed by atoms with Crippen LogP contribution in [0.15, 0.2) is 10.8 Å². The lowest BCUT2D eigenvalue weighted by atomic mass is 10.3. The van der Waals surface area contributed by atoms with Gasteiger partial charge in [0.05, 0.1) is 11.9 Å². The smallest absolute Gasteiger partial charge is 0.229 e. The summed E-state index contributed by atoms with van der Waals surface area (Å²) >= 11 is 1.48. The first-order chi connectivity index (χ1) is 4.99. The third kappa shape index (κ3) is 2.51. The zero-order valence-electron chi connectivity index (χ0n) is 6.29. The largest absolute Gasteiger partial charge is 0.283 e. The summed E-state index contributed by atoms with van der Waals surface area (Å²) in [5.41, 5.74) is 1.64. The van der Waals surface area contributed by atoms with Crippen LogP contribution in [-0.4, -0.2) is 14.7 Å². The maximum Gasteiger partial charge on any atom is 0.229 e. The molecule has 1 rings (SSSR count). The van der Waals surface area contributed by atoms with Crippen molar-refractivity contribution in [1.29, 1.82) is 0 Å². The van der Waals surface area contributed by atoms with E-state index < -0.39 is 10.0 Å². The highest BCUT2D eigenvalue weighted by Crippen LogP contribution is 2.19. The monoisotopic (exact) mass is 191 g/mol. The molecule has 0 atom stereocenters. The predicted molar refractivity (Wildman–Crippen MR) is 47.5 cm³/mol. The highest BCUT2D eigenvalue weighted by Gasteiger charge is 2.04. The van der Waals surface area contributed by atoms with Crippen molar-refractivity contribution in [3.63, 3.8) is 0 Å². The fourth-order valence-electron chi connectivity index (χ4n) is 0.665. The summed E-state index contributed by atoms with van der Waals surface area (Å²) in [5, 5.41) is 3.67. The molecule has 0 aliphatic carbocycles. The molecule has 1 N–H and O–H groups in total. The van der Waals surface area contributed by atoms with Gasteiger partial charge in [0.15, 0.2) is 0 Å². The summed E-state index contributed by atoms with van der Waals surface area (Å²) in [6.07, 6.45) is 1.14. The molecule has 0 aliphatic rings. The van der Waals surface area contributed by atoms with Gasteiger partial charge in [-0.25, -0.2) is 8.42 Å². The van der Waals surface area contributed by atoms with Gasteiger partial charge < -0.3 is 0 Å². The first kappa shape index (κ1) is 8.55. The van der Waals surface area contributed by atoms with Crippen molar-refractivity contribution in [1.82, 2.24) is 0 Å². The molecular weight excluding hydrogens is 182 g/mol. The maximum atomic E-state index is 10.7. The summed E-state index contributed by atoms with van der Waals surface area (Å²) in [6.45, 7) is 1.87. The molecule has 0 amide bonds. The van der Waals surface area contributed by atoms with Crippen molar-refractivity contribution < 1.29 is 8.42 Å². The van der Waals surface area contributed by atoms with Gasteiger partial charge in [-0.05, 0) is 17.9 Å². The Bertz CT molecular complexity index is 339. The van der Waals surface area contributed by atoms with Crippen molar-refractivity contribution in [3.8, 4) is 0 Å². The van der Waals surface area contributed by atoms with E-state index in [1.807, 2.05) is 12.3 Å². The van der Waals surface area contributed by atoms with Crippen LogP contribution in [-0.2, 0) is 10.0 Å². The number of rotatable bonds is 2. The molecule has 1 aromatic heterocycles. The van der Waals surface area contributed by atoms with E-state index in [1.54, 1.807) is 5.38 Å². The standard InChI is InChI=1S/C6H9NO2S2/c1-5-3-10-4-6(5)7-11(2,8)9/h3-4,7H,1-2H3. The molecule has 1 aromatic rings. The maximum absolute atomic E-state index is 10.7. The van der Waals surface area contributed by atoms with Crippen LogP contribution < -0.4 is 4.72 Å². The lowest BCUT2D eigenvalue weighted by Crippen LogP contribution is -2.09. The summed E-state index contributed by atoms with van der Waals surface area (Å²) in [7, 11) is -3.11. The van der Waals surface area contributed by atoms with E-state index in [9.17, 15) is 8.42 Å². The Kier molecular flexibility index (Phi) is 2.20. The molecule has 0 unspecified atom stereocenters. The molecule has 3 nitrogen and oxygen atoms in total. The predicted octanol–water partition coefficient (Wildman–Crippen LogP) is 1.43. The number of hydrogen-bond donors (Lipinski definition) is 1. The number of hydrogen-bond acceptors (Lipinski definition) is 3. The van der Waals surface area contributed by atoms with E-state index in [0.717, 1.165) is 11.8 Å². The number of anilines is 1. The number of thiophene rings is 1. The molecular formula is C6H9NO2S2. The second-order valence-electron chi connectivity index (χ2n) is 2.34. The number of aryl methyl sites for hydroxylation is 1. The summed E-state index contributed by atoms with van der Waals surface area (Å²) in [4.78, 5) is 0. The molecule has 0 saturated heterocycles. The Hall–Kier alpha value is -0.550. The van der Waals surface area contributed by atoms with Crippen LogP contribution in [0.5, 0.6) is 0 Å². The zero-order valence-corrected chi connectivity index (χ0v) is 7.92. The average Bonchev–Trinajstić information content (AvgIpc) is 2.12. The SMILES string of the molecule is Cc1cscc1NS(C)(=O)=O. The third-order valence-electron chi connectivity index (χ3n) is 1.15. The fourth-order valence-corrected chi connectivity index (χ4v) is 2.14. The van der Waals surface area contributed by atoms with Gasteiger partial charge in [-0.2, -0.15) is 0 Å². The van der Waals surface area contributed by atoms with Crippen LogP contribution in [0, 0.1) is 6.92 Å². The van der Waals surface area contributed by atoms with Crippen LogP contribution in [0.1, 0.15) is 5.56 Å². The highest BCUT2D eigenvalue weighted by molar-refractivity contribution is 7.92. The summed E-state index contributed by atoms with van der Waals surface area (Å²) in [6, 6.07) is 0. The zero-order chi connectivity index (χ0) is 8.48. The minimum absolute atomic E-state index is 0.678. The van der Waals surface area contributed by atoms with Gasteiger partial charge in [0.2, 0.25) is 10.0 Å². The molecule has 0 saturated carbocycles. The highest BCUT2D eigenvalue weighted by atomic mass is 32.2. The van der Waals surface area contributed by atoms with E-state index in [-0.39, 0.29) is 0 Å². The van der Waals surface area contributed by atoms with Gasteiger partial charge in [-0.15, -0.1) is 11.3 Å². The van der Waals surface area contributed by atoms with Crippen molar-refractivity contribution in [3.05, 3.63) is 16.3 Å². The van der Waals surface area contributed by atoms with Gasteiger partial charge in [0.25, 0.3) is 0 Å². The second-order valence-corrected chi connectivity index (χ2v) is 4.83. The van der Waals surface area contributed by atoms with Crippen molar-refractivity contribution in [2.24, 2.45) is 0 Å². The normalized spacial score (nSPS) is 11.5. The second kappa shape index (κ2) is 2.83. The topological polar surface area (TPSA) is 46.2 Å². The lowest BCUT2D eigenvalue weighted by molar-refractivity contribution is 0.607. The number of nitrogens with one attached hydrogen (secondary N) is 1. The van der Waals surface area contributed by atoms with Gasteiger partial charge in [0.1, 0.15) is 0 Å². The first-order valence-corrected chi connectivity index (χ1v) is 5.83. The summed E-state index contributed by atoms with van der Waals surface area (Å²) < 4.78 is 23.9. The van der Waals surface area contributed by atoms with Crippen LogP contribution in [0.2, 0.25) is 0 Å². The minimum Gasteiger partial charge on any atom is -0.283 e. The lowest BCUT2D eigenvalue weighted by Gasteiger charge is -2.00. The van der Waals surface area contributed by atoms with Gasteiger partial charge in [-0.3, -0.25) is 4.72 Å². The first-order valence-electron chi connectivity index (χ1n) is 2.99. The molecule has 1 heterocycles. The quantitative estimate of drug-likeness (QED) is 0.768. The Morgan fingerprint density at radius 2 is 2.09 bits per heavy atom. The van der Waals surface area contributed by atoms with E-state index in [1.165, 1.54) is 11.3 Å². The van der Waals surface area contributed by atoms with Crippen LogP contribution in [0.25, 0.3) is 0 Å². The number of sulfonamides is 1. The van der Waals surface area contributed by atoms with Gasteiger partial charge >= 0.3 is 0 Å². The Morgan fingerprint density at radius 1 is 1.45 bits per heavy atom. The fraction of sp³-hybridized carbons (Fsp3) is 0.333. The molecule has 0 bridgehead atoms. The van der Waals surface area contributed by atoms with Gasteiger partial charge in [-0.1, -0.05) is 0 Å². The molecule has 62 valence electrons. The van der Waals surface area contributed by atoms with E-state index in [0.29, 0.717) is 5.69 Å². The molecule has 0 aromatic carbocycles. The average molecular weight is 191 g/mol. The molecule has 0 aliphatic heterocycles.